The van der Waals surface area contributed by atoms with E-state index in [1.54, 1.807) is 16.4 Å². The summed E-state index contributed by atoms with van der Waals surface area (Å²) in [6.45, 7) is 0. The van der Waals surface area contributed by atoms with Gasteiger partial charge in [0.2, 0.25) is 5.91 Å². The van der Waals surface area contributed by atoms with Gasteiger partial charge in [-0.3, -0.25) is 4.79 Å². The smallest absolute Gasteiger partial charge is 0.242 e. The van der Waals surface area contributed by atoms with Crippen LogP contribution in [0.4, 0.5) is 5.69 Å². The fraction of sp³-hybridized carbons (Fsp3) is 0.176. The predicted octanol–water partition coefficient (Wildman–Crippen LogP) is 2.63. The van der Waals surface area contributed by atoms with Crippen LogP contribution < -0.4 is 5.32 Å². The Morgan fingerprint density at radius 1 is 1.21 bits per heavy atom. The number of amides is 1. The lowest BCUT2D eigenvalue weighted by Crippen LogP contribution is -2.23. The second-order valence-corrected chi connectivity index (χ2v) is 6.71. The van der Waals surface area contributed by atoms with E-state index in [4.69, 9.17) is 0 Å². The number of fused-ring (bicyclic) bond motifs is 1. The Labute approximate surface area is 143 Å². The molecule has 24 heavy (non-hydrogen) atoms. The summed E-state index contributed by atoms with van der Waals surface area (Å²) in [7, 11) is 0. The number of nitrogens with one attached hydrogen (secondary N) is 1. The molecule has 1 atom stereocenters. The number of nitrogens with zero attached hydrogens (tertiary/aromatic N) is 4. The first-order valence-electron chi connectivity index (χ1n) is 7.65. The van der Waals surface area contributed by atoms with Gasteiger partial charge in [-0.25, -0.2) is 4.68 Å². The summed E-state index contributed by atoms with van der Waals surface area (Å²) < 4.78 is 1.56. The van der Waals surface area contributed by atoms with Gasteiger partial charge in [-0.15, -0.1) is 16.9 Å². The van der Waals surface area contributed by atoms with Gasteiger partial charge in [0.15, 0.2) is 0 Å². The minimum Gasteiger partial charge on any atom is -0.325 e. The molecule has 0 bridgehead atoms. The summed E-state index contributed by atoms with van der Waals surface area (Å²) in [5.74, 6) is 0.959. The molecule has 0 spiro atoms. The van der Waals surface area contributed by atoms with Crippen LogP contribution in [0.3, 0.4) is 0 Å². The quantitative estimate of drug-likeness (QED) is 0.795. The molecule has 1 aromatic heterocycles. The maximum Gasteiger partial charge on any atom is 0.242 e. The maximum absolute atomic E-state index is 12.7. The Morgan fingerprint density at radius 2 is 2.12 bits per heavy atom. The van der Waals surface area contributed by atoms with Gasteiger partial charge in [0.05, 0.1) is 5.69 Å². The van der Waals surface area contributed by atoms with Crippen molar-refractivity contribution in [1.29, 1.82) is 0 Å². The minimum absolute atomic E-state index is 0.000940. The molecule has 2 heterocycles. The van der Waals surface area contributed by atoms with E-state index >= 15 is 0 Å². The van der Waals surface area contributed by atoms with Crippen LogP contribution in [0.15, 0.2) is 54.9 Å². The zero-order valence-electron chi connectivity index (χ0n) is 12.8. The number of hydrogen-bond acceptors (Lipinski definition) is 5. The Bertz CT molecular complexity index is 865. The zero-order valence-corrected chi connectivity index (χ0v) is 13.6. The minimum atomic E-state index is -0.174. The lowest BCUT2D eigenvalue weighted by Gasteiger charge is -2.24. The zero-order chi connectivity index (χ0) is 16.4. The molecule has 1 aliphatic rings. The highest BCUT2D eigenvalue weighted by molar-refractivity contribution is 8.00. The van der Waals surface area contributed by atoms with Gasteiger partial charge in [0, 0.05) is 5.69 Å². The largest absolute Gasteiger partial charge is 0.325 e. The van der Waals surface area contributed by atoms with Crippen molar-refractivity contribution in [3.05, 3.63) is 66.0 Å². The highest BCUT2D eigenvalue weighted by Crippen LogP contribution is 2.37. The molecule has 0 aliphatic carbocycles. The molecule has 3 aromatic rings. The predicted molar refractivity (Wildman–Crippen MR) is 93.1 cm³/mol. The number of benzene rings is 2. The summed E-state index contributed by atoms with van der Waals surface area (Å²) in [6.07, 6.45) is 2.54. The van der Waals surface area contributed by atoms with Crippen LogP contribution in [0.5, 0.6) is 0 Å². The fourth-order valence-electron chi connectivity index (χ4n) is 2.82. The Balaban J connectivity index is 1.56. The van der Waals surface area contributed by atoms with E-state index in [2.05, 4.69) is 26.9 Å². The van der Waals surface area contributed by atoms with Crippen molar-refractivity contribution < 1.29 is 4.79 Å². The normalized spacial score (nSPS) is 16.4. The van der Waals surface area contributed by atoms with Crippen molar-refractivity contribution in [3.63, 3.8) is 0 Å². The molecule has 7 heteroatoms. The summed E-state index contributed by atoms with van der Waals surface area (Å²) in [5.41, 5.74) is 3.91. The number of carbonyl (C=O) groups is 1. The molecular weight excluding hydrogens is 322 g/mol. The average Bonchev–Trinajstić information content (AvgIpc) is 3.16. The lowest BCUT2D eigenvalue weighted by molar-refractivity contribution is -0.115. The van der Waals surface area contributed by atoms with E-state index < -0.39 is 0 Å². The van der Waals surface area contributed by atoms with Crippen LogP contribution in [0.2, 0.25) is 0 Å². The third kappa shape index (κ3) is 2.90. The molecule has 6 nitrogen and oxygen atoms in total. The average molecular weight is 337 g/mol. The molecule has 0 radical (unpaired) electrons. The standard InChI is InChI=1S/C17H15N5OS/c23-17(16-15-7-2-1-4-12(15)8-9-24-16)19-13-5-3-6-14(10-13)22-11-18-20-21-22/h1-7,10-11,16H,8-9H2,(H,19,23). The van der Waals surface area contributed by atoms with Crippen LogP contribution in [-0.2, 0) is 11.2 Å². The number of aromatic nitrogens is 4. The van der Waals surface area contributed by atoms with E-state index in [-0.39, 0.29) is 11.2 Å². The number of anilines is 1. The SMILES string of the molecule is O=C(Nc1cccc(-n2cnnn2)c1)C1SCCc2ccccc21. The molecule has 1 aliphatic heterocycles. The van der Waals surface area contributed by atoms with Gasteiger partial charge < -0.3 is 5.32 Å². The first-order valence-corrected chi connectivity index (χ1v) is 8.70. The van der Waals surface area contributed by atoms with E-state index in [1.807, 2.05) is 42.5 Å². The van der Waals surface area contributed by atoms with Gasteiger partial charge >= 0.3 is 0 Å². The summed E-state index contributed by atoms with van der Waals surface area (Å²) in [6, 6.07) is 15.6. The first kappa shape index (κ1) is 14.9. The highest BCUT2D eigenvalue weighted by atomic mass is 32.2. The maximum atomic E-state index is 12.7. The number of hydrogen-bond donors (Lipinski definition) is 1. The van der Waals surface area contributed by atoms with E-state index in [9.17, 15) is 4.79 Å². The Kier molecular flexibility index (Phi) is 4.00. The lowest BCUT2D eigenvalue weighted by atomic mass is 10.0. The molecule has 1 amide bonds. The van der Waals surface area contributed by atoms with E-state index in [0.29, 0.717) is 0 Å². The van der Waals surface area contributed by atoms with Crippen molar-refractivity contribution >= 4 is 23.4 Å². The number of thioether (sulfide) groups is 1. The Morgan fingerprint density at radius 3 is 3.00 bits per heavy atom. The van der Waals surface area contributed by atoms with E-state index in [0.717, 1.165) is 29.1 Å². The summed E-state index contributed by atoms with van der Waals surface area (Å²) in [4.78, 5) is 12.7. The van der Waals surface area contributed by atoms with Crippen LogP contribution in [-0.4, -0.2) is 31.9 Å². The molecule has 2 aromatic carbocycles. The second-order valence-electron chi connectivity index (χ2n) is 5.49. The van der Waals surface area contributed by atoms with Crippen molar-refractivity contribution in [3.8, 4) is 5.69 Å². The number of rotatable bonds is 3. The van der Waals surface area contributed by atoms with Crippen LogP contribution in [0.25, 0.3) is 5.69 Å². The van der Waals surface area contributed by atoms with Crippen LogP contribution in [0.1, 0.15) is 16.4 Å². The molecule has 0 saturated carbocycles. The van der Waals surface area contributed by atoms with Gasteiger partial charge in [-0.2, -0.15) is 0 Å². The van der Waals surface area contributed by atoms with Crippen LogP contribution in [0, 0.1) is 0 Å². The van der Waals surface area contributed by atoms with Gasteiger partial charge in [0.25, 0.3) is 0 Å². The Hall–Kier alpha value is -2.67. The van der Waals surface area contributed by atoms with Crippen molar-refractivity contribution in [1.82, 2.24) is 20.2 Å². The van der Waals surface area contributed by atoms with Crippen LogP contribution >= 0.6 is 11.8 Å². The van der Waals surface area contributed by atoms with Gasteiger partial charge in [-0.05, 0) is 51.9 Å². The monoisotopic (exact) mass is 337 g/mol. The number of tetrazole rings is 1. The molecule has 1 N–H and O–H groups in total. The molecule has 0 fully saturated rings. The first-order chi connectivity index (χ1) is 11.8. The van der Waals surface area contributed by atoms with E-state index in [1.165, 1.54) is 11.9 Å². The third-order valence-corrected chi connectivity index (χ3v) is 5.20. The molecule has 120 valence electrons. The van der Waals surface area contributed by atoms with Crippen molar-refractivity contribution in [2.24, 2.45) is 0 Å². The van der Waals surface area contributed by atoms with Gasteiger partial charge in [0.1, 0.15) is 11.6 Å². The molecule has 1 unspecified atom stereocenters. The summed E-state index contributed by atoms with van der Waals surface area (Å²) >= 11 is 1.69. The molecule has 4 rings (SSSR count). The van der Waals surface area contributed by atoms with Gasteiger partial charge in [-0.1, -0.05) is 30.3 Å². The highest BCUT2D eigenvalue weighted by Gasteiger charge is 2.26. The number of aryl methyl sites for hydroxylation is 1. The topological polar surface area (TPSA) is 72.7 Å². The fourth-order valence-corrected chi connectivity index (χ4v) is 4.02. The van der Waals surface area contributed by atoms with Crippen molar-refractivity contribution in [2.45, 2.75) is 11.7 Å². The summed E-state index contributed by atoms with van der Waals surface area (Å²) in [5, 5.41) is 14.0. The number of carbonyl (C=O) groups excluding carboxylic acids is 1. The second kappa shape index (κ2) is 6.45. The molecule has 0 saturated heterocycles. The van der Waals surface area contributed by atoms with Crippen molar-refractivity contribution in [2.75, 3.05) is 11.1 Å². The third-order valence-electron chi connectivity index (χ3n) is 3.96. The molecular formula is C17H15N5OS.